The molecule has 2 aromatic heterocycles. The van der Waals surface area contributed by atoms with Crippen molar-refractivity contribution in [2.24, 2.45) is 0 Å². The fourth-order valence-corrected chi connectivity index (χ4v) is 4.27. The van der Waals surface area contributed by atoms with Gasteiger partial charge in [0.05, 0.1) is 12.9 Å². The monoisotopic (exact) mass is 393 g/mol. The summed E-state index contributed by atoms with van der Waals surface area (Å²) in [5.41, 5.74) is -3.03. The summed E-state index contributed by atoms with van der Waals surface area (Å²) in [6, 6.07) is 0.333. The maximum absolute atomic E-state index is 15.5. The fraction of sp³-hybridized carbons (Fsp3) is 0.737. The lowest BCUT2D eigenvalue weighted by Crippen LogP contribution is -2.51. The Bertz CT molecular complexity index is 832. The van der Waals surface area contributed by atoms with E-state index in [2.05, 4.69) is 20.3 Å². The van der Waals surface area contributed by atoms with Crippen molar-refractivity contribution in [3.63, 3.8) is 0 Å². The number of ether oxygens (including phenoxy) is 1. The van der Waals surface area contributed by atoms with Gasteiger partial charge in [0.2, 0.25) is 0 Å². The molecule has 0 spiro atoms. The van der Waals surface area contributed by atoms with Crippen LogP contribution < -0.4 is 5.32 Å². The molecule has 3 N–H and O–H groups in total. The molecule has 0 amide bonds. The van der Waals surface area contributed by atoms with Crippen LogP contribution in [0.1, 0.15) is 58.6 Å². The molecule has 4 rings (SSSR count). The molecule has 2 aliphatic rings. The highest BCUT2D eigenvalue weighted by Gasteiger charge is 2.63. The third-order valence-electron chi connectivity index (χ3n) is 6.35. The fourth-order valence-electron chi connectivity index (χ4n) is 4.27. The SMILES string of the molecule is CC1(O)[C@@H](CO)OC(n2cnc3c(NC4CCCCCC4)ncnc32)[C@]1(C)F. The van der Waals surface area contributed by atoms with Gasteiger partial charge in [0.25, 0.3) is 0 Å². The normalized spacial score (nSPS) is 34.6. The van der Waals surface area contributed by atoms with Gasteiger partial charge in [-0.3, -0.25) is 4.57 Å². The molecule has 0 radical (unpaired) electrons. The maximum atomic E-state index is 15.5. The Hall–Kier alpha value is -1.84. The van der Waals surface area contributed by atoms with E-state index in [-0.39, 0.29) is 0 Å². The largest absolute Gasteiger partial charge is 0.394 e. The molecule has 0 bridgehead atoms. The first-order valence-electron chi connectivity index (χ1n) is 9.98. The van der Waals surface area contributed by atoms with Gasteiger partial charge in [-0.2, -0.15) is 0 Å². The summed E-state index contributed by atoms with van der Waals surface area (Å²) in [5.74, 6) is 0.625. The van der Waals surface area contributed by atoms with Gasteiger partial charge in [-0.25, -0.2) is 19.3 Å². The minimum atomic E-state index is -2.14. The topological polar surface area (TPSA) is 105 Å². The Morgan fingerprint density at radius 2 is 1.93 bits per heavy atom. The molecule has 1 saturated heterocycles. The van der Waals surface area contributed by atoms with Crippen LogP contribution in [0.4, 0.5) is 10.2 Å². The predicted octanol–water partition coefficient (Wildman–Crippen LogP) is 2.33. The quantitative estimate of drug-likeness (QED) is 0.685. The number of hydrogen-bond donors (Lipinski definition) is 3. The molecule has 0 aromatic carbocycles. The summed E-state index contributed by atoms with van der Waals surface area (Å²) in [6.45, 7) is 2.12. The number of fused-ring (bicyclic) bond motifs is 1. The highest BCUT2D eigenvalue weighted by Crippen LogP contribution is 2.48. The van der Waals surface area contributed by atoms with Crippen LogP contribution >= 0.6 is 0 Å². The van der Waals surface area contributed by atoms with Crippen molar-refractivity contribution in [1.82, 2.24) is 19.5 Å². The number of hydrogen-bond acceptors (Lipinski definition) is 7. The number of aliphatic hydroxyl groups is 2. The zero-order valence-corrected chi connectivity index (χ0v) is 16.3. The van der Waals surface area contributed by atoms with Crippen LogP contribution in [-0.2, 0) is 4.74 Å². The minimum Gasteiger partial charge on any atom is -0.394 e. The van der Waals surface area contributed by atoms with Gasteiger partial charge >= 0.3 is 0 Å². The van der Waals surface area contributed by atoms with E-state index in [1.807, 2.05) is 0 Å². The number of rotatable bonds is 4. The number of alkyl halides is 1. The number of aromatic nitrogens is 4. The maximum Gasteiger partial charge on any atom is 0.183 e. The number of halogens is 1. The molecule has 2 aromatic rings. The van der Waals surface area contributed by atoms with E-state index in [4.69, 9.17) is 4.74 Å². The number of anilines is 1. The van der Waals surface area contributed by atoms with Crippen LogP contribution in [0, 0.1) is 0 Å². The first kappa shape index (κ1) is 19.5. The standard InChI is InChI=1S/C19H28FN5O3/c1-18(20)17(28-13(9-26)19(18,2)27)25-11-23-14-15(21-10-22-16(14)25)24-12-7-5-3-4-6-8-12/h10-13,17,26-27H,3-9H2,1-2H3,(H,21,22,24)/t13-,17?,18+,19?/m1/s1. The molecular formula is C19H28FN5O3. The lowest BCUT2D eigenvalue weighted by atomic mass is 9.85. The summed E-state index contributed by atoms with van der Waals surface area (Å²) in [4.78, 5) is 13.0. The summed E-state index contributed by atoms with van der Waals surface area (Å²) >= 11 is 0. The lowest BCUT2D eigenvalue weighted by molar-refractivity contribution is -0.0891. The van der Waals surface area contributed by atoms with Crippen molar-refractivity contribution >= 4 is 17.0 Å². The van der Waals surface area contributed by atoms with Gasteiger partial charge < -0.3 is 20.3 Å². The molecule has 1 aliphatic carbocycles. The minimum absolute atomic E-state index is 0.333. The second-order valence-corrected chi connectivity index (χ2v) is 8.26. The van der Waals surface area contributed by atoms with Crippen molar-refractivity contribution < 1.29 is 19.3 Å². The van der Waals surface area contributed by atoms with Gasteiger partial charge in [-0.05, 0) is 26.7 Å². The Balaban J connectivity index is 1.67. The van der Waals surface area contributed by atoms with Crippen molar-refractivity contribution in [3.8, 4) is 0 Å². The molecule has 28 heavy (non-hydrogen) atoms. The second kappa shape index (κ2) is 7.20. The van der Waals surface area contributed by atoms with Gasteiger partial charge in [0.1, 0.15) is 18.0 Å². The number of nitrogens with zero attached hydrogens (tertiary/aromatic N) is 4. The van der Waals surface area contributed by atoms with Crippen molar-refractivity contribution in [3.05, 3.63) is 12.7 Å². The smallest absolute Gasteiger partial charge is 0.183 e. The van der Waals surface area contributed by atoms with E-state index in [1.54, 1.807) is 0 Å². The second-order valence-electron chi connectivity index (χ2n) is 8.26. The third-order valence-corrected chi connectivity index (χ3v) is 6.35. The van der Waals surface area contributed by atoms with E-state index in [0.717, 1.165) is 12.8 Å². The van der Waals surface area contributed by atoms with E-state index in [9.17, 15) is 10.2 Å². The molecular weight excluding hydrogens is 365 g/mol. The summed E-state index contributed by atoms with van der Waals surface area (Å²) in [6.07, 6.45) is 7.73. The van der Waals surface area contributed by atoms with Gasteiger partial charge in [0, 0.05) is 6.04 Å². The van der Waals surface area contributed by atoms with Crippen LogP contribution in [0.5, 0.6) is 0 Å². The number of nitrogens with one attached hydrogen (secondary N) is 1. The van der Waals surface area contributed by atoms with E-state index < -0.39 is 30.2 Å². The van der Waals surface area contributed by atoms with Crippen LogP contribution in [0.25, 0.3) is 11.2 Å². The average Bonchev–Trinajstić information content (AvgIpc) is 3.01. The van der Waals surface area contributed by atoms with Crippen LogP contribution in [-0.4, -0.2) is 59.8 Å². The molecule has 8 nitrogen and oxygen atoms in total. The number of aliphatic hydroxyl groups excluding tert-OH is 1. The first-order valence-corrected chi connectivity index (χ1v) is 9.98. The summed E-state index contributed by atoms with van der Waals surface area (Å²) < 4.78 is 22.6. The van der Waals surface area contributed by atoms with Crippen LogP contribution in [0.15, 0.2) is 12.7 Å². The molecule has 2 fully saturated rings. The average molecular weight is 393 g/mol. The van der Waals surface area contributed by atoms with Crippen LogP contribution in [0.3, 0.4) is 0 Å². The highest BCUT2D eigenvalue weighted by molar-refractivity contribution is 5.82. The van der Waals surface area contributed by atoms with Crippen molar-refractivity contribution in [2.75, 3.05) is 11.9 Å². The van der Waals surface area contributed by atoms with E-state index in [0.29, 0.717) is 23.0 Å². The molecule has 3 heterocycles. The van der Waals surface area contributed by atoms with Crippen LogP contribution in [0.2, 0.25) is 0 Å². The van der Waals surface area contributed by atoms with Crippen molar-refractivity contribution in [1.29, 1.82) is 0 Å². The van der Waals surface area contributed by atoms with E-state index in [1.165, 1.54) is 56.8 Å². The Morgan fingerprint density at radius 3 is 2.57 bits per heavy atom. The lowest BCUT2D eigenvalue weighted by Gasteiger charge is -2.32. The molecule has 2 unspecified atom stereocenters. The molecule has 9 heteroatoms. The molecule has 4 atom stereocenters. The molecule has 1 saturated carbocycles. The van der Waals surface area contributed by atoms with Gasteiger partial charge in [-0.15, -0.1) is 0 Å². The zero-order chi connectivity index (χ0) is 19.9. The predicted molar refractivity (Wildman–Crippen MR) is 102 cm³/mol. The molecule has 154 valence electrons. The highest BCUT2D eigenvalue weighted by atomic mass is 19.1. The first-order chi connectivity index (χ1) is 13.4. The molecule has 1 aliphatic heterocycles. The summed E-state index contributed by atoms with van der Waals surface area (Å²) in [7, 11) is 0. The van der Waals surface area contributed by atoms with E-state index >= 15 is 4.39 Å². The third kappa shape index (κ3) is 3.05. The zero-order valence-electron chi connectivity index (χ0n) is 16.3. The summed E-state index contributed by atoms with van der Waals surface area (Å²) in [5, 5.41) is 23.6. The van der Waals surface area contributed by atoms with Gasteiger partial charge in [0.15, 0.2) is 28.9 Å². The number of imidazole rings is 1. The Kier molecular flexibility index (Phi) is 5.01. The Labute approximate surface area is 163 Å². The Morgan fingerprint density at radius 1 is 1.21 bits per heavy atom. The van der Waals surface area contributed by atoms with Crippen molar-refractivity contribution in [2.45, 2.75) is 82.0 Å². The van der Waals surface area contributed by atoms with Gasteiger partial charge in [-0.1, -0.05) is 25.7 Å².